The summed E-state index contributed by atoms with van der Waals surface area (Å²) in [5, 5.41) is 5.31. The van der Waals surface area contributed by atoms with Crippen LogP contribution in [-0.4, -0.2) is 20.4 Å². The molecule has 22 heavy (non-hydrogen) atoms. The molecule has 0 spiro atoms. The molecular weight excluding hydrogens is 301 g/mol. The van der Waals surface area contributed by atoms with E-state index in [0.717, 1.165) is 11.8 Å². The van der Waals surface area contributed by atoms with E-state index in [0.29, 0.717) is 5.56 Å². The minimum Gasteiger partial charge on any atom is -0.364 e. The fourth-order valence-electron chi connectivity index (χ4n) is 1.95. The highest BCUT2D eigenvalue weighted by atomic mass is 19.4. The Morgan fingerprint density at radius 1 is 1.36 bits per heavy atom. The second kappa shape index (κ2) is 5.17. The summed E-state index contributed by atoms with van der Waals surface area (Å²) < 4.78 is 43.8. The SMILES string of the molecule is O=C(NCc1conc1C(F)(F)F)c1ccc2cncn2c1. The van der Waals surface area contributed by atoms with Gasteiger partial charge in [0.1, 0.15) is 6.26 Å². The number of fused-ring (bicyclic) bond motifs is 1. The predicted molar refractivity (Wildman–Crippen MR) is 67.9 cm³/mol. The normalized spacial score (nSPS) is 11.8. The summed E-state index contributed by atoms with van der Waals surface area (Å²) in [6.45, 7) is -0.334. The van der Waals surface area contributed by atoms with Gasteiger partial charge in [-0.05, 0) is 12.1 Å². The molecule has 114 valence electrons. The zero-order valence-electron chi connectivity index (χ0n) is 11.0. The lowest BCUT2D eigenvalue weighted by molar-refractivity contribution is -0.143. The van der Waals surface area contributed by atoms with E-state index in [-0.39, 0.29) is 12.1 Å². The Morgan fingerprint density at radius 2 is 2.18 bits per heavy atom. The van der Waals surface area contributed by atoms with E-state index in [4.69, 9.17) is 0 Å². The average molecular weight is 310 g/mol. The molecule has 1 N–H and O–H groups in total. The molecule has 3 aromatic rings. The monoisotopic (exact) mass is 310 g/mol. The fourth-order valence-corrected chi connectivity index (χ4v) is 1.95. The standard InChI is InChI=1S/C13H9F3N4O2/c14-13(15,16)11-9(6-22-19-11)3-18-12(21)8-1-2-10-4-17-7-20(10)5-8/h1-2,4-7H,3H2,(H,18,21). The number of amides is 1. The van der Waals surface area contributed by atoms with E-state index in [9.17, 15) is 18.0 Å². The molecule has 3 aromatic heterocycles. The number of rotatable bonds is 3. The summed E-state index contributed by atoms with van der Waals surface area (Å²) in [4.78, 5) is 15.9. The number of aromatic nitrogens is 3. The number of nitrogens with zero attached hydrogens (tertiary/aromatic N) is 3. The number of carbonyl (C=O) groups excluding carboxylic acids is 1. The molecule has 0 bridgehead atoms. The zero-order valence-corrected chi connectivity index (χ0v) is 11.0. The first-order valence-electron chi connectivity index (χ1n) is 6.15. The van der Waals surface area contributed by atoms with Gasteiger partial charge in [0.05, 0.1) is 23.6 Å². The highest BCUT2D eigenvalue weighted by molar-refractivity contribution is 5.94. The minimum absolute atomic E-state index is 0.232. The highest BCUT2D eigenvalue weighted by Gasteiger charge is 2.37. The van der Waals surface area contributed by atoms with E-state index < -0.39 is 17.8 Å². The molecule has 3 heterocycles. The van der Waals surface area contributed by atoms with Crippen LogP contribution >= 0.6 is 0 Å². The second-order valence-corrected chi connectivity index (χ2v) is 4.51. The highest BCUT2D eigenvalue weighted by Crippen LogP contribution is 2.30. The van der Waals surface area contributed by atoms with Gasteiger partial charge >= 0.3 is 6.18 Å². The molecular formula is C13H9F3N4O2. The first-order chi connectivity index (χ1) is 10.4. The molecule has 1 amide bonds. The first kappa shape index (κ1) is 14.1. The van der Waals surface area contributed by atoms with E-state index in [1.165, 1.54) is 12.5 Å². The van der Waals surface area contributed by atoms with Crippen molar-refractivity contribution in [2.24, 2.45) is 0 Å². The second-order valence-electron chi connectivity index (χ2n) is 4.51. The summed E-state index contributed by atoms with van der Waals surface area (Å²) in [6, 6.07) is 3.24. The van der Waals surface area contributed by atoms with E-state index >= 15 is 0 Å². The molecule has 0 radical (unpaired) electrons. The van der Waals surface area contributed by atoms with Crippen LogP contribution in [0.1, 0.15) is 21.6 Å². The van der Waals surface area contributed by atoms with Crippen LogP contribution in [0.2, 0.25) is 0 Å². The fraction of sp³-hybridized carbons (Fsp3) is 0.154. The number of pyridine rings is 1. The predicted octanol–water partition coefficient (Wildman–Crippen LogP) is 2.27. The Labute approximate surface area is 121 Å². The molecule has 0 aliphatic rings. The van der Waals surface area contributed by atoms with E-state index in [1.807, 2.05) is 0 Å². The Bertz CT molecular complexity index is 822. The molecule has 0 fully saturated rings. The van der Waals surface area contributed by atoms with Gasteiger partial charge in [0, 0.05) is 18.3 Å². The van der Waals surface area contributed by atoms with Crippen LogP contribution in [0.3, 0.4) is 0 Å². The minimum atomic E-state index is -4.62. The van der Waals surface area contributed by atoms with E-state index in [1.54, 1.807) is 22.7 Å². The lowest BCUT2D eigenvalue weighted by Gasteiger charge is -2.07. The van der Waals surface area contributed by atoms with E-state index in [2.05, 4.69) is 20.0 Å². The summed E-state index contributed by atoms with van der Waals surface area (Å²) in [5.74, 6) is -0.509. The van der Waals surface area contributed by atoms with Crippen molar-refractivity contribution in [1.29, 1.82) is 0 Å². The van der Waals surface area contributed by atoms with Gasteiger partial charge in [-0.3, -0.25) is 4.79 Å². The van der Waals surface area contributed by atoms with Crippen molar-refractivity contribution in [3.8, 4) is 0 Å². The van der Waals surface area contributed by atoms with Crippen LogP contribution < -0.4 is 5.32 Å². The Morgan fingerprint density at radius 3 is 2.95 bits per heavy atom. The maximum atomic E-state index is 12.6. The molecule has 6 nitrogen and oxygen atoms in total. The van der Waals surface area contributed by atoms with Crippen LogP contribution in [-0.2, 0) is 12.7 Å². The summed E-state index contributed by atoms with van der Waals surface area (Å²) in [6.07, 6.45) is 0.920. The molecule has 0 saturated carbocycles. The van der Waals surface area contributed by atoms with Crippen molar-refractivity contribution in [2.75, 3.05) is 0 Å². The van der Waals surface area contributed by atoms with Crippen LogP contribution in [0.5, 0.6) is 0 Å². The molecule has 0 unspecified atom stereocenters. The maximum Gasteiger partial charge on any atom is 0.437 e. The van der Waals surface area contributed by atoms with Crippen LogP contribution in [0.25, 0.3) is 5.52 Å². The molecule has 0 aliphatic carbocycles. The van der Waals surface area contributed by atoms with Crippen LogP contribution in [0.4, 0.5) is 13.2 Å². The van der Waals surface area contributed by atoms with Crippen molar-refractivity contribution in [1.82, 2.24) is 19.9 Å². The zero-order chi connectivity index (χ0) is 15.7. The molecule has 0 aliphatic heterocycles. The average Bonchev–Trinajstić information content (AvgIpc) is 3.11. The number of hydrogen-bond acceptors (Lipinski definition) is 4. The lowest BCUT2D eigenvalue weighted by atomic mass is 10.2. The molecule has 3 rings (SSSR count). The van der Waals surface area contributed by atoms with Crippen LogP contribution in [0, 0.1) is 0 Å². The van der Waals surface area contributed by atoms with Gasteiger partial charge in [0.25, 0.3) is 5.91 Å². The third-order valence-electron chi connectivity index (χ3n) is 3.02. The molecule has 0 atom stereocenters. The summed E-state index contributed by atoms with van der Waals surface area (Å²) in [7, 11) is 0. The number of imidazole rings is 1. The van der Waals surface area contributed by atoms with Crippen molar-refractivity contribution < 1.29 is 22.5 Å². The van der Waals surface area contributed by atoms with Gasteiger partial charge in [0.2, 0.25) is 0 Å². The number of halogens is 3. The van der Waals surface area contributed by atoms with Gasteiger partial charge < -0.3 is 14.2 Å². The molecule has 9 heteroatoms. The van der Waals surface area contributed by atoms with Crippen molar-refractivity contribution in [3.05, 3.63) is 53.9 Å². The van der Waals surface area contributed by atoms with Gasteiger partial charge in [-0.25, -0.2) is 4.98 Å². The van der Waals surface area contributed by atoms with Gasteiger partial charge in [0.15, 0.2) is 5.69 Å². The van der Waals surface area contributed by atoms with Crippen molar-refractivity contribution in [3.63, 3.8) is 0 Å². The maximum absolute atomic E-state index is 12.6. The summed E-state index contributed by atoms with van der Waals surface area (Å²) in [5.41, 5.74) is -0.270. The lowest BCUT2D eigenvalue weighted by Crippen LogP contribution is -2.24. The number of carbonyl (C=O) groups is 1. The largest absolute Gasteiger partial charge is 0.437 e. The van der Waals surface area contributed by atoms with Gasteiger partial charge in [-0.1, -0.05) is 5.16 Å². The van der Waals surface area contributed by atoms with Gasteiger partial charge in [-0.2, -0.15) is 13.2 Å². The third-order valence-corrected chi connectivity index (χ3v) is 3.02. The number of nitrogens with one attached hydrogen (secondary N) is 1. The van der Waals surface area contributed by atoms with Crippen LogP contribution in [0.15, 0.2) is 41.6 Å². The third kappa shape index (κ3) is 2.65. The Hall–Kier alpha value is -2.84. The summed E-state index contributed by atoms with van der Waals surface area (Å²) >= 11 is 0. The number of hydrogen-bond donors (Lipinski definition) is 1. The van der Waals surface area contributed by atoms with Crippen molar-refractivity contribution >= 4 is 11.4 Å². The van der Waals surface area contributed by atoms with Crippen molar-refractivity contribution in [2.45, 2.75) is 12.7 Å². The quantitative estimate of drug-likeness (QED) is 0.805. The topological polar surface area (TPSA) is 72.4 Å². The molecule has 0 saturated heterocycles. The first-order valence-corrected chi connectivity index (χ1v) is 6.15. The number of alkyl halides is 3. The Kier molecular flexibility index (Phi) is 3.32. The van der Waals surface area contributed by atoms with Gasteiger partial charge in [-0.15, -0.1) is 0 Å². The Balaban J connectivity index is 1.74. The molecule has 0 aromatic carbocycles. The smallest absolute Gasteiger partial charge is 0.364 e.